The number of rotatable bonds is 8. The second-order valence-electron chi connectivity index (χ2n) is 10.3. The zero-order valence-corrected chi connectivity index (χ0v) is 22.3. The van der Waals surface area contributed by atoms with Crippen LogP contribution in [0.25, 0.3) is 21.3 Å². The second-order valence-corrected chi connectivity index (χ2v) is 10.3. The number of fused-ring (bicyclic) bond motifs is 3. The molecule has 0 amide bonds. The first-order valence-electron chi connectivity index (χ1n) is 13.3. The van der Waals surface area contributed by atoms with Crippen LogP contribution in [0.3, 0.4) is 0 Å². The van der Waals surface area contributed by atoms with E-state index in [9.17, 15) is 25.2 Å². The summed E-state index contributed by atoms with van der Waals surface area (Å²) in [4.78, 5) is 19.1. The number of benzene rings is 1. The van der Waals surface area contributed by atoms with Crippen molar-refractivity contribution in [1.29, 1.82) is 0 Å². The normalized spacial score (nSPS) is 33.2. The molecule has 5 rings (SSSR count). The number of aliphatic hydroxyl groups is 4. The summed E-state index contributed by atoms with van der Waals surface area (Å²) in [6.45, 7) is 4.01. The molecule has 6 N–H and O–H groups in total. The number of azide groups is 1. The molecule has 1 aromatic carbocycles. The summed E-state index contributed by atoms with van der Waals surface area (Å²) >= 11 is 0. The van der Waals surface area contributed by atoms with Crippen LogP contribution in [0.1, 0.15) is 23.7 Å². The van der Waals surface area contributed by atoms with Gasteiger partial charge in [0.05, 0.1) is 25.6 Å². The summed E-state index contributed by atoms with van der Waals surface area (Å²) in [5.74, 6) is -1.73. The van der Waals surface area contributed by atoms with E-state index in [0.717, 1.165) is 28.6 Å². The van der Waals surface area contributed by atoms with Crippen molar-refractivity contribution in [2.24, 2.45) is 17.0 Å². The molecular weight excluding hydrogens is 538 g/mol. The maximum Gasteiger partial charge on any atom is 0.337 e. The lowest BCUT2D eigenvalue weighted by Crippen LogP contribution is -2.60. The fourth-order valence-corrected chi connectivity index (χ4v) is 5.90. The van der Waals surface area contributed by atoms with E-state index in [-0.39, 0.29) is 11.6 Å². The maximum atomic E-state index is 12.8. The van der Waals surface area contributed by atoms with Crippen molar-refractivity contribution in [3.05, 3.63) is 64.4 Å². The summed E-state index contributed by atoms with van der Waals surface area (Å²) in [6.07, 6.45) is -4.48. The first-order chi connectivity index (χ1) is 19.8. The summed E-state index contributed by atoms with van der Waals surface area (Å²) in [7, 11) is 1.27. The Morgan fingerprint density at radius 2 is 2.07 bits per heavy atom. The van der Waals surface area contributed by atoms with Crippen LogP contribution in [0.15, 0.2) is 47.8 Å². The lowest BCUT2D eigenvalue weighted by atomic mass is 9.78. The Bertz CT molecular complexity index is 1370. The number of carbonyl (C=O) groups is 1. The van der Waals surface area contributed by atoms with E-state index in [4.69, 9.17) is 24.5 Å². The zero-order chi connectivity index (χ0) is 29.3. The van der Waals surface area contributed by atoms with Gasteiger partial charge >= 0.3 is 5.97 Å². The average molecular weight is 572 g/mol. The molecule has 0 radical (unpaired) electrons. The third kappa shape index (κ3) is 5.44. The molecule has 3 aliphatic rings. The second kappa shape index (κ2) is 12.2. The molecule has 0 aliphatic carbocycles. The molecule has 2 aromatic rings. The van der Waals surface area contributed by atoms with Gasteiger partial charge in [-0.1, -0.05) is 23.3 Å². The van der Waals surface area contributed by atoms with Gasteiger partial charge in [0.2, 0.25) is 6.29 Å². The molecule has 4 heterocycles. The molecule has 41 heavy (non-hydrogen) atoms. The molecule has 1 saturated heterocycles. The molecular formula is C27H33N5O9. The van der Waals surface area contributed by atoms with E-state index in [1.807, 2.05) is 6.07 Å². The highest BCUT2D eigenvalue weighted by molar-refractivity contribution is 5.89. The molecule has 0 saturated carbocycles. The van der Waals surface area contributed by atoms with Gasteiger partial charge < -0.3 is 49.7 Å². The van der Waals surface area contributed by atoms with Crippen LogP contribution in [0, 0.1) is 11.8 Å². The number of aromatic amines is 1. The number of aromatic nitrogens is 1. The van der Waals surface area contributed by atoms with E-state index < -0.39 is 61.4 Å². The summed E-state index contributed by atoms with van der Waals surface area (Å²) in [5.41, 5.74) is 12.5. The molecule has 1 aromatic heterocycles. The lowest BCUT2D eigenvalue weighted by Gasteiger charge is -2.43. The van der Waals surface area contributed by atoms with Crippen molar-refractivity contribution in [2.45, 2.75) is 55.9 Å². The summed E-state index contributed by atoms with van der Waals surface area (Å²) in [5, 5.41) is 48.6. The van der Waals surface area contributed by atoms with Gasteiger partial charge in [0, 0.05) is 45.1 Å². The van der Waals surface area contributed by atoms with Gasteiger partial charge in [0.15, 0.2) is 6.29 Å². The highest BCUT2D eigenvalue weighted by Crippen LogP contribution is 2.42. The molecule has 0 spiro atoms. The Balaban J connectivity index is 1.44. The molecule has 0 unspecified atom stereocenters. The third-order valence-electron chi connectivity index (χ3n) is 8.00. The van der Waals surface area contributed by atoms with Gasteiger partial charge in [-0.05, 0) is 36.5 Å². The minimum absolute atomic E-state index is 0.222. The number of esters is 1. The Morgan fingerprint density at radius 1 is 1.27 bits per heavy atom. The molecule has 14 nitrogen and oxygen atoms in total. The van der Waals surface area contributed by atoms with Crippen LogP contribution in [-0.2, 0) is 30.2 Å². The SMILES string of the molecule is C=C[C@H]1[C@H](O[C@@H]2O[C@H](CO)[C@@H](O)[C@H](O)[C@H]2O)OC=C(C(=O)OC)[C@H]1C[C@@H]1NCCc2c1[nH]c1cc(N=[N+]=[N-])ccc21. The number of hydrogen-bond donors (Lipinski definition) is 6. The van der Waals surface area contributed by atoms with Crippen LogP contribution in [0.2, 0.25) is 0 Å². The van der Waals surface area contributed by atoms with E-state index in [2.05, 4.69) is 26.9 Å². The summed E-state index contributed by atoms with van der Waals surface area (Å²) < 4.78 is 22.2. The van der Waals surface area contributed by atoms with E-state index in [1.54, 1.807) is 18.2 Å². The maximum absolute atomic E-state index is 12.8. The van der Waals surface area contributed by atoms with Crippen molar-refractivity contribution in [3.63, 3.8) is 0 Å². The summed E-state index contributed by atoms with van der Waals surface area (Å²) in [6, 6.07) is 5.25. The van der Waals surface area contributed by atoms with Gasteiger partial charge in [-0.2, -0.15) is 0 Å². The van der Waals surface area contributed by atoms with E-state index >= 15 is 0 Å². The van der Waals surface area contributed by atoms with Crippen molar-refractivity contribution < 1.29 is 44.2 Å². The van der Waals surface area contributed by atoms with Crippen molar-refractivity contribution in [2.75, 3.05) is 20.3 Å². The fourth-order valence-electron chi connectivity index (χ4n) is 5.90. The number of aliphatic hydroxyl groups excluding tert-OH is 4. The predicted molar refractivity (Wildman–Crippen MR) is 143 cm³/mol. The van der Waals surface area contributed by atoms with Gasteiger partial charge in [-0.3, -0.25) is 0 Å². The zero-order valence-electron chi connectivity index (χ0n) is 22.3. The average Bonchev–Trinajstić information content (AvgIpc) is 3.36. The molecule has 3 aliphatic heterocycles. The number of methoxy groups -OCH3 is 1. The number of nitrogens with one attached hydrogen (secondary N) is 2. The number of H-pyrrole nitrogens is 1. The Labute approximate surface area is 234 Å². The number of carbonyl (C=O) groups excluding carboxylic acids is 1. The van der Waals surface area contributed by atoms with Crippen LogP contribution in [-0.4, -0.2) is 88.6 Å². The quantitative estimate of drug-likeness (QED) is 0.0879. The van der Waals surface area contributed by atoms with Gasteiger partial charge in [-0.15, -0.1) is 6.58 Å². The van der Waals surface area contributed by atoms with Gasteiger partial charge in [-0.25, -0.2) is 4.79 Å². The van der Waals surface area contributed by atoms with E-state index in [0.29, 0.717) is 18.7 Å². The predicted octanol–water partition coefficient (Wildman–Crippen LogP) is 1.33. The topological polar surface area (TPSA) is 211 Å². The minimum Gasteiger partial charge on any atom is -0.471 e. The number of nitrogens with zero attached hydrogens (tertiary/aromatic N) is 3. The van der Waals surface area contributed by atoms with Gasteiger partial charge in [0.25, 0.3) is 0 Å². The van der Waals surface area contributed by atoms with Crippen LogP contribution < -0.4 is 5.32 Å². The van der Waals surface area contributed by atoms with Crippen LogP contribution in [0.5, 0.6) is 0 Å². The van der Waals surface area contributed by atoms with Crippen LogP contribution >= 0.6 is 0 Å². The highest BCUT2D eigenvalue weighted by atomic mass is 16.8. The fraction of sp³-hybridized carbons (Fsp3) is 0.519. The lowest BCUT2D eigenvalue weighted by molar-refractivity contribution is -0.339. The van der Waals surface area contributed by atoms with E-state index in [1.165, 1.54) is 13.4 Å². The first-order valence-corrected chi connectivity index (χ1v) is 13.3. The number of hydrogen-bond acceptors (Lipinski definition) is 11. The van der Waals surface area contributed by atoms with Crippen LogP contribution in [0.4, 0.5) is 5.69 Å². The Morgan fingerprint density at radius 3 is 2.78 bits per heavy atom. The third-order valence-corrected chi connectivity index (χ3v) is 8.00. The molecule has 220 valence electrons. The number of ether oxygens (including phenoxy) is 4. The van der Waals surface area contributed by atoms with Crippen molar-refractivity contribution in [3.8, 4) is 0 Å². The Kier molecular flexibility index (Phi) is 8.63. The standard InChI is InChI=1S/C27H33N5O9/c1-3-13-16(9-19-21-15(6-7-29-19)14-5-4-12(31-32-28)8-18(14)30-21)17(25(37)38-2)11-39-26(13)41-27-24(36)23(35)22(34)20(10-33)40-27/h3-5,8,11,13,16,19-20,22-24,26-27,29-30,33-36H,1,6-7,9-10H2,2H3/t13-,16+,19+,20-,22-,23+,24-,26+,27+/m1/s1. The Hall–Kier alpha value is -3.46. The first kappa shape index (κ1) is 29.0. The smallest absolute Gasteiger partial charge is 0.337 e. The van der Waals surface area contributed by atoms with Crippen molar-refractivity contribution >= 4 is 22.6 Å². The molecule has 0 bridgehead atoms. The largest absolute Gasteiger partial charge is 0.471 e. The molecule has 1 fully saturated rings. The minimum atomic E-state index is -1.63. The molecule has 9 atom stereocenters. The van der Waals surface area contributed by atoms with Gasteiger partial charge in [0.1, 0.15) is 24.4 Å². The monoisotopic (exact) mass is 571 g/mol. The van der Waals surface area contributed by atoms with Crippen molar-refractivity contribution in [1.82, 2.24) is 10.3 Å². The molecule has 14 heteroatoms. The highest BCUT2D eigenvalue weighted by Gasteiger charge is 2.48.